The van der Waals surface area contributed by atoms with Gasteiger partial charge in [0.05, 0.1) is 0 Å². The van der Waals surface area contributed by atoms with Crippen LogP contribution in [-0.4, -0.2) is 18.2 Å². The van der Waals surface area contributed by atoms with E-state index in [9.17, 15) is 5.11 Å². The van der Waals surface area contributed by atoms with Crippen molar-refractivity contribution in [1.82, 2.24) is 0 Å². The maximum atomic E-state index is 10.4. The maximum absolute atomic E-state index is 10.4. The number of anilines is 1. The van der Waals surface area contributed by atoms with Gasteiger partial charge in [-0.15, -0.1) is 0 Å². The first-order chi connectivity index (χ1) is 12.7. The van der Waals surface area contributed by atoms with Crippen molar-refractivity contribution in [3.8, 4) is 5.75 Å². The summed E-state index contributed by atoms with van der Waals surface area (Å²) in [7, 11) is 0. The first-order valence-electron chi connectivity index (χ1n) is 9.35. The molecule has 3 nitrogen and oxygen atoms in total. The molecule has 1 heterocycles. The molecular weight excluding hydrogens is 340 g/mol. The molecule has 0 saturated heterocycles. The van der Waals surface area contributed by atoms with E-state index in [0.29, 0.717) is 5.75 Å². The van der Waals surface area contributed by atoms with Crippen molar-refractivity contribution < 1.29 is 9.67 Å². The molecule has 3 aromatic rings. The van der Waals surface area contributed by atoms with Crippen LogP contribution in [0.15, 0.2) is 42.5 Å². The Morgan fingerprint density at radius 1 is 1.04 bits per heavy atom. The fourth-order valence-electron chi connectivity index (χ4n) is 3.25. The van der Waals surface area contributed by atoms with Crippen LogP contribution in [0.5, 0.6) is 5.75 Å². The van der Waals surface area contributed by atoms with Crippen molar-refractivity contribution in [3.05, 3.63) is 53.0 Å². The molecule has 0 spiro atoms. The molecule has 1 N–H and O–H groups in total. The van der Waals surface area contributed by atoms with Crippen LogP contribution in [0.3, 0.4) is 0 Å². The van der Waals surface area contributed by atoms with E-state index in [1.54, 1.807) is 11.3 Å². The number of hydrogen-bond acceptors (Lipinski definition) is 3. The van der Waals surface area contributed by atoms with E-state index in [0.717, 1.165) is 37.3 Å². The van der Waals surface area contributed by atoms with E-state index in [4.69, 9.17) is 0 Å². The molecule has 136 valence electrons. The highest BCUT2D eigenvalue weighted by atomic mass is 32.1. The molecule has 0 unspecified atom stereocenters. The van der Waals surface area contributed by atoms with Gasteiger partial charge < -0.3 is 10.0 Å². The van der Waals surface area contributed by atoms with Gasteiger partial charge in [-0.25, -0.2) is 0 Å². The third-order valence-electron chi connectivity index (χ3n) is 4.63. The van der Waals surface area contributed by atoms with E-state index in [1.165, 1.54) is 15.2 Å². The lowest BCUT2D eigenvalue weighted by molar-refractivity contribution is -0.668. The number of aryl methyl sites for hydroxylation is 1. The summed E-state index contributed by atoms with van der Waals surface area (Å²) in [4.78, 5) is 2.23. The lowest BCUT2D eigenvalue weighted by Crippen LogP contribution is -2.34. The molecule has 0 saturated carbocycles. The zero-order valence-electron chi connectivity index (χ0n) is 15.8. The smallest absolute Gasteiger partial charge is 0.262 e. The van der Waals surface area contributed by atoms with Crippen LogP contribution in [-0.2, 0) is 6.54 Å². The molecule has 0 aliphatic heterocycles. The summed E-state index contributed by atoms with van der Waals surface area (Å²) >= 11 is 1.79. The molecule has 26 heavy (non-hydrogen) atoms. The van der Waals surface area contributed by atoms with Crippen LogP contribution in [0.1, 0.15) is 37.8 Å². The van der Waals surface area contributed by atoms with Gasteiger partial charge in [-0.05, 0) is 38.1 Å². The Labute approximate surface area is 159 Å². The molecule has 2 aromatic carbocycles. The van der Waals surface area contributed by atoms with Crippen LogP contribution in [0.2, 0.25) is 0 Å². The first kappa shape index (κ1) is 18.5. The van der Waals surface area contributed by atoms with Crippen molar-refractivity contribution in [2.24, 2.45) is 0 Å². The normalized spacial score (nSPS) is 11.5. The van der Waals surface area contributed by atoms with Crippen molar-refractivity contribution >= 4 is 39.4 Å². The lowest BCUT2D eigenvalue weighted by Gasteiger charge is -2.21. The third kappa shape index (κ3) is 3.75. The zero-order valence-corrected chi connectivity index (χ0v) is 16.6. The van der Waals surface area contributed by atoms with Crippen LogP contribution >= 0.6 is 11.3 Å². The van der Waals surface area contributed by atoms with E-state index < -0.39 is 0 Å². The monoisotopic (exact) mass is 367 g/mol. The van der Waals surface area contributed by atoms with Gasteiger partial charge in [0, 0.05) is 49.0 Å². The molecule has 0 atom stereocenters. The average molecular weight is 368 g/mol. The van der Waals surface area contributed by atoms with Gasteiger partial charge in [0.1, 0.15) is 17.0 Å². The predicted molar refractivity (Wildman–Crippen MR) is 113 cm³/mol. The molecule has 0 aliphatic carbocycles. The van der Waals surface area contributed by atoms with Crippen LogP contribution in [0, 0.1) is 0 Å². The SMILES string of the molecule is CCC[n+]1c(C=Cc2ccc(N(CC)CC)cc2O)sc2ccccc21. The summed E-state index contributed by atoms with van der Waals surface area (Å²) in [6.07, 6.45) is 5.22. The lowest BCUT2D eigenvalue weighted by atomic mass is 10.1. The van der Waals surface area contributed by atoms with Gasteiger partial charge in [0.2, 0.25) is 5.52 Å². The number of phenolic OH excluding ortho intramolecular Hbond substituents is 1. The fraction of sp³-hybridized carbons (Fsp3) is 0.318. The minimum Gasteiger partial charge on any atom is -0.507 e. The number of aromatic hydroxyl groups is 1. The second-order valence-corrected chi connectivity index (χ2v) is 7.37. The van der Waals surface area contributed by atoms with Gasteiger partial charge in [-0.1, -0.05) is 30.4 Å². The van der Waals surface area contributed by atoms with Crippen LogP contribution < -0.4 is 9.47 Å². The number of hydrogen-bond donors (Lipinski definition) is 1. The molecule has 0 radical (unpaired) electrons. The van der Waals surface area contributed by atoms with Crippen molar-refractivity contribution in [3.63, 3.8) is 0 Å². The number of phenols is 1. The molecule has 0 bridgehead atoms. The van der Waals surface area contributed by atoms with E-state index >= 15 is 0 Å². The number of aromatic nitrogens is 1. The minimum atomic E-state index is 0.328. The second-order valence-electron chi connectivity index (χ2n) is 6.31. The number of fused-ring (bicyclic) bond motifs is 1. The van der Waals surface area contributed by atoms with Gasteiger partial charge in [0.25, 0.3) is 5.01 Å². The summed E-state index contributed by atoms with van der Waals surface area (Å²) in [6, 6.07) is 14.5. The van der Waals surface area contributed by atoms with Gasteiger partial charge in [-0.2, -0.15) is 4.57 Å². The molecular formula is C22H27N2OS+. The highest BCUT2D eigenvalue weighted by Crippen LogP contribution is 2.27. The van der Waals surface area contributed by atoms with Crippen LogP contribution in [0.4, 0.5) is 5.69 Å². The quantitative estimate of drug-likeness (QED) is 0.572. The molecule has 0 amide bonds. The first-order valence-corrected chi connectivity index (χ1v) is 10.2. The molecule has 0 fully saturated rings. The fourth-order valence-corrected chi connectivity index (χ4v) is 4.34. The highest BCUT2D eigenvalue weighted by Gasteiger charge is 2.17. The predicted octanol–water partition coefficient (Wildman–Crippen LogP) is 5.32. The number of rotatable bonds is 7. The van der Waals surface area contributed by atoms with Crippen molar-refractivity contribution in [2.45, 2.75) is 33.7 Å². The van der Waals surface area contributed by atoms with E-state index in [-0.39, 0.29) is 0 Å². The number of benzene rings is 2. The molecule has 0 aliphatic rings. The van der Waals surface area contributed by atoms with Crippen molar-refractivity contribution in [2.75, 3.05) is 18.0 Å². The van der Waals surface area contributed by atoms with Crippen LogP contribution in [0.25, 0.3) is 22.4 Å². The van der Waals surface area contributed by atoms with Gasteiger partial charge in [0.15, 0.2) is 0 Å². The second kappa shape index (κ2) is 8.37. The van der Waals surface area contributed by atoms with Gasteiger partial charge >= 0.3 is 0 Å². The van der Waals surface area contributed by atoms with Crippen molar-refractivity contribution in [1.29, 1.82) is 0 Å². The number of para-hydroxylation sites is 1. The number of nitrogens with zero attached hydrogens (tertiary/aromatic N) is 2. The molecule has 1 aromatic heterocycles. The van der Waals surface area contributed by atoms with Gasteiger partial charge in [-0.3, -0.25) is 0 Å². The molecule has 4 heteroatoms. The number of thiazole rings is 1. The zero-order chi connectivity index (χ0) is 18.5. The summed E-state index contributed by atoms with van der Waals surface area (Å²) in [5, 5.41) is 11.6. The standard InChI is InChI=1S/C22H26N2OS/c1-4-15-24-19-9-7-8-10-21(19)26-22(24)14-12-17-11-13-18(16-20(17)25)23(5-2)6-3/h7-14,16H,4-6,15H2,1-3H3/p+1. The Morgan fingerprint density at radius 2 is 1.81 bits per heavy atom. The molecule has 3 rings (SSSR count). The average Bonchev–Trinajstić information content (AvgIpc) is 3.00. The Morgan fingerprint density at radius 3 is 2.50 bits per heavy atom. The Hall–Kier alpha value is -2.33. The minimum absolute atomic E-state index is 0.328. The summed E-state index contributed by atoms with van der Waals surface area (Å²) in [6.45, 7) is 9.32. The summed E-state index contributed by atoms with van der Waals surface area (Å²) in [5.74, 6) is 0.328. The Kier molecular flexibility index (Phi) is 5.94. The third-order valence-corrected chi connectivity index (χ3v) is 5.76. The Balaban J connectivity index is 1.93. The van der Waals surface area contributed by atoms with E-state index in [1.807, 2.05) is 18.2 Å². The highest BCUT2D eigenvalue weighted by molar-refractivity contribution is 7.18. The topological polar surface area (TPSA) is 27.4 Å². The van der Waals surface area contributed by atoms with E-state index in [2.05, 4.69) is 66.6 Å². The summed E-state index contributed by atoms with van der Waals surface area (Å²) in [5.41, 5.74) is 3.19. The summed E-state index contributed by atoms with van der Waals surface area (Å²) < 4.78 is 3.65. The maximum Gasteiger partial charge on any atom is 0.262 e. The largest absolute Gasteiger partial charge is 0.507 e. The Bertz CT molecular complexity index is 910.